The second kappa shape index (κ2) is 9.84. The van der Waals surface area contributed by atoms with Gasteiger partial charge in [0.25, 0.3) is 0 Å². The molecule has 0 N–H and O–H groups in total. The fraction of sp³-hybridized carbons (Fsp3) is 0. The van der Waals surface area contributed by atoms with Crippen molar-refractivity contribution in [3.63, 3.8) is 0 Å². The van der Waals surface area contributed by atoms with Gasteiger partial charge in [-0.2, -0.15) is 0 Å². The molecule has 39 heavy (non-hydrogen) atoms. The van der Waals surface area contributed by atoms with Gasteiger partial charge in [0.05, 0.1) is 11.4 Å². The predicted octanol–water partition coefficient (Wildman–Crippen LogP) is 8.95. The monoisotopic (exact) mass is 501 g/mol. The van der Waals surface area contributed by atoms with Crippen LogP contribution in [0.2, 0.25) is 0 Å². The van der Waals surface area contributed by atoms with Crippen molar-refractivity contribution in [1.29, 1.82) is 0 Å². The van der Waals surface area contributed by atoms with Crippen molar-refractivity contribution in [2.24, 2.45) is 0 Å². The van der Waals surface area contributed by atoms with Gasteiger partial charge in [0, 0.05) is 22.3 Å². The van der Waals surface area contributed by atoms with E-state index in [0.29, 0.717) is 17.3 Å². The lowest BCUT2D eigenvalue weighted by Crippen LogP contribution is -1.96. The van der Waals surface area contributed by atoms with Gasteiger partial charge in [-0.1, -0.05) is 109 Å². The standard InChI is InChI=1S/C35H23N3O/c1-4-11-24(12-5-1)25-19-21-26(22-20-25)31-23-32(37-34(36-31)27-13-6-2-7-14-27)29-17-10-18-30-33(29)39-35(38-30)28-15-8-3-9-16-28/h1-23H. The molecule has 5 aromatic carbocycles. The van der Waals surface area contributed by atoms with Crippen LogP contribution in [-0.2, 0) is 0 Å². The number of hydrogen-bond acceptors (Lipinski definition) is 4. The van der Waals surface area contributed by atoms with E-state index in [0.717, 1.165) is 44.7 Å². The maximum Gasteiger partial charge on any atom is 0.227 e. The summed E-state index contributed by atoms with van der Waals surface area (Å²) in [5, 5.41) is 0. The molecule has 0 atom stereocenters. The van der Waals surface area contributed by atoms with Gasteiger partial charge in [-0.15, -0.1) is 0 Å². The van der Waals surface area contributed by atoms with Gasteiger partial charge in [0.2, 0.25) is 5.89 Å². The third-order valence-corrected chi connectivity index (χ3v) is 6.76. The summed E-state index contributed by atoms with van der Waals surface area (Å²) < 4.78 is 6.32. The fourth-order valence-corrected chi connectivity index (χ4v) is 4.77. The molecule has 0 aliphatic carbocycles. The van der Waals surface area contributed by atoms with Gasteiger partial charge >= 0.3 is 0 Å². The Balaban J connectivity index is 1.37. The number of aromatic nitrogens is 3. The van der Waals surface area contributed by atoms with E-state index in [2.05, 4.69) is 48.5 Å². The minimum absolute atomic E-state index is 0.590. The lowest BCUT2D eigenvalue weighted by atomic mass is 10.0. The molecule has 4 nitrogen and oxygen atoms in total. The van der Waals surface area contributed by atoms with Crippen LogP contribution in [-0.4, -0.2) is 15.0 Å². The highest BCUT2D eigenvalue weighted by Gasteiger charge is 2.17. The summed E-state index contributed by atoms with van der Waals surface area (Å²) in [6.07, 6.45) is 0. The molecule has 0 bridgehead atoms. The zero-order valence-electron chi connectivity index (χ0n) is 21.0. The summed E-state index contributed by atoms with van der Waals surface area (Å²) >= 11 is 0. The Bertz CT molecular complexity index is 1880. The summed E-state index contributed by atoms with van der Waals surface area (Å²) in [5.74, 6) is 1.25. The Hall–Kier alpha value is -5.35. The second-order valence-electron chi connectivity index (χ2n) is 9.31. The highest BCUT2D eigenvalue weighted by Crippen LogP contribution is 2.34. The molecule has 0 aliphatic rings. The van der Waals surface area contributed by atoms with E-state index >= 15 is 0 Å². The lowest BCUT2D eigenvalue weighted by molar-refractivity contribution is 0.620. The number of hydrogen-bond donors (Lipinski definition) is 0. The van der Waals surface area contributed by atoms with Crippen LogP contribution < -0.4 is 0 Å². The summed E-state index contributed by atoms with van der Waals surface area (Å²) in [5.41, 5.74) is 9.27. The second-order valence-corrected chi connectivity index (χ2v) is 9.31. The molecule has 0 spiro atoms. The average molecular weight is 502 g/mol. The zero-order chi connectivity index (χ0) is 26.0. The van der Waals surface area contributed by atoms with Gasteiger partial charge in [-0.05, 0) is 41.5 Å². The van der Waals surface area contributed by atoms with Crippen molar-refractivity contribution in [2.75, 3.05) is 0 Å². The van der Waals surface area contributed by atoms with Crippen molar-refractivity contribution in [1.82, 2.24) is 15.0 Å². The van der Waals surface area contributed by atoms with Gasteiger partial charge in [-0.3, -0.25) is 0 Å². The first-order valence-electron chi connectivity index (χ1n) is 12.9. The number of oxazole rings is 1. The van der Waals surface area contributed by atoms with Crippen LogP contribution >= 0.6 is 0 Å². The van der Waals surface area contributed by atoms with Crippen LogP contribution in [0.25, 0.3) is 67.6 Å². The Kier molecular flexibility index (Phi) is 5.76. The van der Waals surface area contributed by atoms with E-state index in [1.54, 1.807) is 0 Å². The molecular weight excluding hydrogens is 478 g/mol. The van der Waals surface area contributed by atoms with Crippen molar-refractivity contribution < 1.29 is 4.42 Å². The van der Waals surface area contributed by atoms with Crippen molar-refractivity contribution >= 4 is 11.1 Å². The number of fused-ring (bicyclic) bond motifs is 1. The summed E-state index contributed by atoms with van der Waals surface area (Å²) in [6.45, 7) is 0. The Morgan fingerprint density at radius 1 is 0.410 bits per heavy atom. The summed E-state index contributed by atoms with van der Waals surface area (Å²) in [4.78, 5) is 14.7. The van der Waals surface area contributed by atoms with Gasteiger partial charge in [0.1, 0.15) is 5.52 Å². The van der Waals surface area contributed by atoms with Crippen LogP contribution in [0.4, 0.5) is 0 Å². The molecule has 2 heterocycles. The van der Waals surface area contributed by atoms with Gasteiger partial charge in [-0.25, -0.2) is 15.0 Å². The van der Waals surface area contributed by atoms with E-state index in [1.165, 1.54) is 5.56 Å². The maximum absolute atomic E-state index is 6.32. The van der Waals surface area contributed by atoms with Crippen LogP contribution in [0, 0.1) is 0 Å². The molecular formula is C35H23N3O. The van der Waals surface area contributed by atoms with E-state index in [4.69, 9.17) is 19.4 Å². The van der Waals surface area contributed by atoms with Crippen molar-refractivity contribution in [3.8, 4) is 56.5 Å². The molecule has 184 valence electrons. The quantitative estimate of drug-likeness (QED) is 0.236. The Labute approximate surface area is 226 Å². The third kappa shape index (κ3) is 4.49. The lowest BCUT2D eigenvalue weighted by Gasteiger charge is -2.10. The van der Waals surface area contributed by atoms with Crippen LogP contribution in [0.15, 0.2) is 144 Å². The number of benzene rings is 5. The largest absolute Gasteiger partial charge is 0.435 e. The minimum Gasteiger partial charge on any atom is -0.435 e. The Morgan fingerprint density at radius 2 is 0.974 bits per heavy atom. The van der Waals surface area contributed by atoms with E-state index in [1.807, 2.05) is 91.0 Å². The zero-order valence-corrected chi connectivity index (χ0v) is 21.0. The molecule has 7 aromatic rings. The smallest absolute Gasteiger partial charge is 0.227 e. The normalized spacial score (nSPS) is 11.1. The Morgan fingerprint density at radius 3 is 1.67 bits per heavy atom. The topological polar surface area (TPSA) is 51.8 Å². The summed E-state index contributed by atoms with van der Waals surface area (Å²) in [7, 11) is 0. The summed E-state index contributed by atoms with van der Waals surface area (Å²) in [6, 6.07) is 46.9. The van der Waals surface area contributed by atoms with Crippen molar-refractivity contribution in [2.45, 2.75) is 0 Å². The third-order valence-electron chi connectivity index (χ3n) is 6.76. The average Bonchev–Trinajstić information content (AvgIpc) is 3.47. The SMILES string of the molecule is c1ccc(-c2ccc(-c3cc(-c4cccc5nc(-c6ccccc6)oc45)nc(-c4ccccc4)n3)cc2)cc1. The minimum atomic E-state index is 0.590. The number of nitrogens with zero attached hydrogens (tertiary/aromatic N) is 3. The first kappa shape index (κ1) is 22.8. The fourth-order valence-electron chi connectivity index (χ4n) is 4.77. The highest BCUT2D eigenvalue weighted by atomic mass is 16.3. The molecule has 0 saturated carbocycles. The number of rotatable bonds is 5. The predicted molar refractivity (Wildman–Crippen MR) is 157 cm³/mol. The molecule has 2 aromatic heterocycles. The maximum atomic E-state index is 6.32. The molecule has 4 heteroatoms. The first-order valence-corrected chi connectivity index (χ1v) is 12.9. The van der Waals surface area contributed by atoms with E-state index in [9.17, 15) is 0 Å². The molecule has 0 unspecified atom stereocenters. The molecule has 0 amide bonds. The van der Waals surface area contributed by atoms with E-state index in [-0.39, 0.29) is 0 Å². The van der Waals surface area contributed by atoms with Crippen molar-refractivity contribution in [3.05, 3.63) is 140 Å². The van der Waals surface area contributed by atoms with E-state index < -0.39 is 0 Å². The molecule has 0 saturated heterocycles. The van der Waals surface area contributed by atoms with Gasteiger partial charge in [0.15, 0.2) is 11.4 Å². The number of para-hydroxylation sites is 1. The molecule has 7 rings (SSSR count). The van der Waals surface area contributed by atoms with Crippen LogP contribution in [0.1, 0.15) is 0 Å². The molecule has 0 fully saturated rings. The molecule has 0 aliphatic heterocycles. The highest BCUT2D eigenvalue weighted by molar-refractivity contribution is 5.91. The molecule has 0 radical (unpaired) electrons. The van der Waals surface area contributed by atoms with Crippen LogP contribution in [0.5, 0.6) is 0 Å². The van der Waals surface area contributed by atoms with Gasteiger partial charge < -0.3 is 4.42 Å². The van der Waals surface area contributed by atoms with Crippen LogP contribution in [0.3, 0.4) is 0 Å². The first-order chi connectivity index (χ1) is 19.3.